The van der Waals surface area contributed by atoms with Gasteiger partial charge in [-0.05, 0) is 74.7 Å². The molecule has 0 saturated heterocycles. The second-order valence-corrected chi connectivity index (χ2v) is 8.69. The molecule has 3 rings (SSSR count). The van der Waals surface area contributed by atoms with Crippen LogP contribution >= 0.6 is 0 Å². The number of sulfonamides is 1. The van der Waals surface area contributed by atoms with E-state index < -0.39 is 15.9 Å². The number of benzene rings is 2. The van der Waals surface area contributed by atoms with E-state index in [1.807, 2.05) is 19.1 Å². The van der Waals surface area contributed by atoms with E-state index in [0.29, 0.717) is 24.5 Å². The van der Waals surface area contributed by atoms with E-state index in [-0.39, 0.29) is 22.3 Å². The summed E-state index contributed by atoms with van der Waals surface area (Å²) in [7, 11) is -3.78. The Balaban J connectivity index is 1.57. The molecular formula is C22H25N3O5S. The summed E-state index contributed by atoms with van der Waals surface area (Å²) in [6, 6.07) is 12.0. The molecule has 8 nitrogen and oxygen atoms in total. The molecule has 0 fully saturated rings. The molecule has 3 N–H and O–H groups in total. The van der Waals surface area contributed by atoms with Gasteiger partial charge < -0.3 is 4.74 Å². The van der Waals surface area contributed by atoms with Crippen molar-refractivity contribution in [3.8, 4) is 5.75 Å². The first kappa shape index (κ1) is 22.4. The van der Waals surface area contributed by atoms with Crippen LogP contribution in [0.25, 0.3) is 0 Å². The molecule has 2 amide bonds. The van der Waals surface area contributed by atoms with E-state index in [1.165, 1.54) is 36.4 Å². The van der Waals surface area contributed by atoms with Crippen LogP contribution in [-0.4, -0.2) is 26.8 Å². The molecular weight excluding hydrogens is 418 g/mol. The van der Waals surface area contributed by atoms with Gasteiger partial charge in [0, 0.05) is 17.2 Å². The minimum Gasteiger partial charge on any atom is -0.494 e. The minimum absolute atomic E-state index is 0.0954. The van der Waals surface area contributed by atoms with E-state index in [2.05, 4.69) is 15.6 Å². The molecule has 2 aromatic carbocycles. The molecule has 1 unspecified atom stereocenters. The number of hydrogen-bond acceptors (Lipinski definition) is 5. The first-order chi connectivity index (χ1) is 14.9. The Hall–Kier alpha value is -3.33. The molecule has 0 aliphatic heterocycles. The first-order valence-corrected chi connectivity index (χ1v) is 11.5. The molecule has 1 aliphatic carbocycles. The maximum atomic E-state index is 12.5. The summed E-state index contributed by atoms with van der Waals surface area (Å²) >= 11 is 0. The summed E-state index contributed by atoms with van der Waals surface area (Å²) in [6.45, 7) is 2.34. The number of carbonyl (C=O) groups excluding carboxylic acids is 2. The van der Waals surface area contributed by atoms with Crippen molar-refractivity contribution in [3.05, 3.63) is 66.2 Å². The lowest BCUT2D eigenvalue weighted by Gasteiger charge is -2.17. The number of anilines is 1. The molecule has 31 heavy (non-hydrogen) atoms. The van der Waals surface area contributed by atoms with Gasteiger partial charge in [0.2, 0.25) is 5.91 Å². The van der Waals surface area contributed by atoms with Gasteiger partial charge in [-0.2, -0.15) is 0 Å². The lowest BCUT2D eigenvalue weighted by molar-refractivity contribution is -0.126. The molecule has 164 valence electrons. The van der Waals surface area contributed by atoms with Gasteiger partial charge in [-0.25, -0.2) is 8.42 Å². The molecule has 0 bridgehead atoms. The van der Waals surface area contributed by atoms with Crippen LogP contribution in [0, 0.1) is 5.92 Å². The van der Waals surface area contributed by atoms with Crippen LogP contribution in [0.4, 0.5) is 5.69 Å². The number of carbonyl (C=O) groups is 2. The zero-order valence-electron chi connectivity index (χ0n) is 17.1. The third kappa shape index (κ3) is 6.08. The lowest BCUT2D eigenvalue weighted by Crippen LogP contribution is -2.44. The van der Waals surface area contributed by atoms with Crippen LogP contribution in [0.3, 0.4) is 0 Å². The highest BCUT2D eigenvalue weighted by atomic mass is 32.2. The normalized spacial score (nSPS) is 15.7. The van der Waals surface area contributed by atoms with E-state index in [9.17, 15) is 18.0 Å². The van der Waals surface area contributed by atoms with E-state index >= 15 is 0 Å². The molecule has 1 atom stereocenters. The topological polar surface area (TPSA) is 114 Å². The van der Waals surface area contributed by atoms with Gasteiger partial charge in [0.25, 0.3) is 15.9 Å². The van der Waals surface area contributed by atoms with Crippen molar-refractivity contribution in [1.82, 2.24) is 10.9 Å². The maximum Gasteiger partial charge on any atom is 0.269 e. The van der Waals surface area contributed by atoms with Crippen LogP contribution in [0.2, 0.25) is 0 Å². The van der Waals surface area contributed by atoms with Crippen molar-refractivity contribution in [2.75, 3.05) is 11.3 Å². The highest BCUT2D eigenvalue weighted by molar-refractivity contribution is 7.92. The predicted molar refractivity (Wildman–Crippen MR) is 117 cm³/mol. The van der Waals surface area contributed by atoms with Gasteiger partial charge in [-0.1, -0.05) is 12.2 Å². The standard InChI is InChI=1S/C22H25N3O5S/c1-2-30-19-12-14-20(15-13-19)31(28,29)25-18-10-8-17(9-11-18)22(27)24-23-21(26)16-6-4-3-5-7-16/h3-4,8-16,25H,2,5-7H2,1H3,(H,23,26)(H,24,27). The summed E-state index contributed by atoms with van der Waals surface area (Å²) in [5, 5.41) is 0. The summed E-state index contributed by atoms with van der Waals surface area (Å²) in [5.41, 5.74) is 5.43. The van der Waals surface area contributed by atoms with Crippen molar-refractivity contribution in [1.29, 1.82) is 0 Å². The van der Waals surface area contributed by atoms with Gasteiger partial charge in [0.1, 0.15) is 5.75 Å². The Morgan fingerprint density at radius 2 is 1.71 bits per heavy atom. The Morgan fingerprint density at radius 3 is 2.32 bits per heavy atom. The minimum atomic E-state index is -3.78. The van der Waals surface area contributed by atoms with Crippen LogP contribution in [0.15, 0.2) is 65.6 Å². The van der Waals surface area contributed by atoms with Crippen LogP contribution in [-0.2, 0) is 14.8 Å². The number of hydrazine groups is 1. The van der Waals surface area contributed by atoms with Gasteiger partial charge >= 0.3 is 0 Å². The fourth-order valence-corrected chi connectivity index (χ4v) is 4.17. The summed E-state index contributed by atoms with van der Waals surface area (Å²) in [6.07, 6.45) is 6.25. The fraction of sp³-hybridized carbons (Fsp3) is 0.273. The smallest absolute Gasteiger partial charge is 0.269 e. The molecule has 1 aliphatic rings. The van der Waals surface area contributed by atoms with Crippen LogP contribution in [0.5, 0.6) is 5.75 Å². The van der Waals surface area contributed by atoms with Gasteiger partial charge in [0.15, 0.2) is 0 Å². The van der Waals surface area contributed by atoms with Crippen molar-refractivity contribution in [2.24, 2.45) is 5.92 Å². The van der Waals surface area contributed by atoms with Gasteiger partial charge in [-0.15, -0.1) is 0 Å². The number of amides is 2. The van der Waals surface area contributed by atoms with E-state index in [1.54, 1.807) is 12.1 Å². The van der Waals surface area contributed by atoms with Gasteiger partial charge in [-0.3, -0.25) is 25.2 Å². The monoisotopic (exact) mass is 443 g/mol. The fourth-order valence-electron chi connectivity index (χ4n) is 3.11. The second kappa shape index (κ2) is 10.1. The van der Waals surface area contributed by atoms with Crippen molar-refractivity contribution in [3.63, 3.8) is 0 Å². The molecule has 0 aromatic heterocycles. The average molecular weight is 444 g/mol. The third-order valence-electron chi connectivity index (χ3n) is 4.78. The summed E-state index contributed by atoms with van der Waals surface area (Å²) in [4.78, 5) is 24.4. The SMILES string of the molecule is CCOc1ccc(S(=O)(=O)Nc2ccc(C(=O)NNC(=O)C3CC=CCC3)cc2)cc1. The number of nitrogens with one attached hydrogen (secondary N) is 3. The molecule has 0 saturated carbocycles. The first-order valence-electron chi connectivity index (χ1n) is 10.00. The molecule has 0 spiro atoms. The molecule has 9 heteroatoms. The quantitative estimate of drug-likeness (QED) is 0.450. The number of ether oxygens (including phenoxy) is 1. The predicted octanol–water partition coefficient (Wildman–Crippen LogP) is 3.00. The molecule has 0 heterocycles. The zero-order valence-corrected chi connectivity index (χ0v) is 17.9. The number of allylic oxidation sites excluding steroid dienone is 2. The van der Waals surface area contributed by atoms with Crippen molar-refractivity contribution < 1.29 is 22.7 Å². The average Bonchev–Trinajstić information content (AvgIpc) is 2.78. The highest BCUT2D eigenvalue weighted by Crippen LogP contribution is 2.20. The Morgan fingerprint density at radius 1 is 1.00 bits per heavy atom. The highest BCUT2D eigenvalue weighted by Gasteiger charge is 2.19. The second-order valence-electron chi connectivity index (χ2n) is 7.01. The van der Waals surface area contributed by atoms with Gasteiger partial charge in [0.05, 0.1) is 11.5 Å². The van der Waals surface area contributed by atoms with E-state index in [0.717, 1.165) is 12.8 Å². The Bertz CT molecular complexity index is 1050. The van der Waals surface area contributed by atoms with Crippen molar-refractivity contribution >= 4 is 27.5 Å². The number of rotatable bonds is 7. The Labute approximate surface area is 181 Å². The van der Waals surface area contributed by atoms with Crippen LogP contribution < -0.4 is 20.3 Å². The zero-order chi connectivity index (χ0) is 22.3. The summed E-state index contributed by atoms with van der Waals surface area (Å²) in [5.74, 6) is -0.272. The largest absolute Gasteiger partial charge is 0.494 e. The molecule has 2 aromatic rings. The van der Waals surface area contributed by atoms with Crippen molar-refractivity contribution in [2.45, 2.75) is 31.1 Å². The lowest BCUT2D eigenvalue weighted by atomic mass is 9.94. The Kier molecular flexibility index (Phi) is 7.30. The number of hydrogen-bond donors (Lipinski definition) is 3. The van der Waals surface area contributed by atoms with Crippen LogP contribution in [0.1, 0.15) is 36.5 Å². The third-order valence-corrected chi connectivity index (χ3v) is 6.18. The summed E-state index contributed by atoms with van der Waals surface area (Å²) < 4.78 is 32.9. The molecule has 0 radical (unpaired) electrons. The van der Waals surface area contributed by atoms with E-state index in [4.69, 9.17) is 4.74 Å². The maximum absolute atomic E-state index is 12.5.